The number of thioether (sulfide) groups is 1. The molecule has 4 heteroatoms. The van der Waals surface area contributed by atoms with Crippen LogP contribution in [0.1, 0.15) is 28.4 Å². The van der Waals surface area contributed by atoms with Crippen LogP contribution in [0.15, 0.2) is 53.4 Å². The number of anilines is 1. The van der Waals surface area contributed by atoms with Crippen molar-refractivity contribution in [1.82, 2.24) is 5.32 Å². The van der Waals surface area contributed by atoms with E-state index >= 15 is 0 Å². The van der Waals surface area contributed by atoms with Gasteiger partial charge in [0.15, 0.2) is 0 Å². The van der Waals surface area contributed by atoms with E-state index in [9.17, 15) is 4.79 Å². The standard InChI is InChI=1S/C16H16N2OS/c17-13-7-3-1-5-11(13)16(19)18-14-9-10-20-15-8-4-2-6-12(14)15/h1-8,14H,9-10,17H2,(H,18,19). The Morgan fingerprint density at radius 1 is 1.15 bits per heavy atom. The number of carbonyl (C=O) groups excluding carboxylic acids is 1. The predicted molar refractivity (Wildman–Crippen MR) is 82.8 cm³/mol. The van der Waals surface area contributed by atoms with Crippen LogP contribution in [0.5, 0.6) is 0 Å². The van der Waals surface area contributed by atoms with Gasteiger partial charge in [0.2, 0.25) is 0 Å². The highest BCUT2D eigenvalue weighted by molar-refractivity contribution is 7.99. The Hall–Kier alpha value is -1.94. The van der Waals surface area contributed by atoms with E-state index in [4.69, 9.17) is 5.73 Å². The largest absolute Gasteiger partial charge is 0.398 e. The molecule has 0 bridgehead atoms. The third-order valence-corrected chi connectivity index (χ3v) is 4.59. The van der Waals surface area contributed by atoms with Crippen LogP contribution in [0.2, 0.25) is 0 Å². The Labute approximate surface area is 122 Å². The summed E-state index contributed by atoms with van der Waals surface area (Å²) in [5.74, 6) is 0.918. The van der Waals surface area contributed by atoms with E-state index in [-0.39, 0.29) is 11.9 Å². The van der Waals surface area contributed by atoms with Crippen LogP contribution in [0.25, 0.3) is 0 Å². The fourth-order valence-electron chi connectivity index (χ4n) is 2.43. The van der Waals surface area contributed by atoms with E-state index in [0.29, 0.717) is 11.3 Å². The zero-order valence-electron chi connectivity index (χ0n) is 11.0. The van der Waals surface area contributed by atoms with Crippen molar-refractivity contribution in [2.45, 2.75) is 17.4 Å². The zero-order chi connectivity index (χ0) is 13.9. The van der Waals surface area contributed by atoms with Gasteiger partial charge in [-0.25, -0.2) is 0 Å². The molecule has 0 saturated heterocycles. The molecule has 1 unspecified atom stereocenters. The van der Waals surface area contributed by atoms with E-state index in [1.807, 2.05) is 36.0 Å². The van der Waals surface area contributed by atoms with Gasteiger partial charge in [-0.1, -0.05) is 30.3 Å². The van der Waals surface area contributed by atoms with Crippen LogP contribution in [0.3, 0.4) is 0 Å². The van der Waals surface area contributed by atoms with E-state index < -0.39 is 0 Å². The molecule has 102 valence electrons. The Kier molecular flexibility index (Phi) is 3.65. The fraction of sp³-hybridized carbons (Fsp3) is 0.188. The van der Waals surface area contributed by atoms with Gasteiger partial charge in [0.25, 0.3) is 5.91 Å². The summed E-state index contributed by atoms with van der Waals surface area (Å²) >= 11 is 1.84. The topological polar surface area (TPSA) is 55.1 Å². The molecule has 0 radical (unpaired) electrons. The lowest BCUT2D eigenvalue weighted by molar-refractivity contribution is 0.0936. The Morgan fingerprint density at radius 3 is 2.75 bits per heavy atom. The number of amides is 1. The minimum absolute atomic E-state index is 0.0690. The molecule has 1 aliphatic rings. The number of carbonyl (C=O) groups is 1. The first-order valence-electron chi connectivity index (χ1n) is 6.63. The molecule has 0 spiro atoms. The van der Waals surface area contributed by atoms with Gasteiger partial charge in [-0.15, -0.1) is 11.8 Å². The van der Waals surface area contributed by atoms with E-state index in [1.165, 1.54) is 10.5 Å². The van der Waals surface area contributed by atoms with Crippen molar-refractivity contribution in [3.05, 3.63) is 59.7 Å². The normalized spacial score (nSPS) is 17.3. The van der Waals surface area contributed by atoms with Gasteiger partial charge in [0.1, 0.15) is 0 Å². The molecule has 0 fully saturated rings. The highest BCUT2D eigenvalue weighted by atomic mass is 32.2. The molecule has 0 aliphatic carbocycles. The highest BCUT2D eigenvalue weighted by Gasteiger charge is 2.22. The number of benzene rings is 2. The molecule has 0 saturated carbocycles. The van der Waals surface area contributed by atoms with Crippen molar-refractivity contribution in [2.24, 2.45) is 0 Å². The molecule has 20 heavy (non-hydrogen) atoms. The number of hydrogen-bond acceptors (Lipinski definition) is 3. The molecule has 1 aliphatic heterocycles. The average Bonchev–Trinajstić information content (AvgIpc) is 2.48. The van der Waals surface area contributed by atoms with E-state index in [1.54, 1.807) is 12.1 Å². The molecule has 3 nitrogen and oxygen atoms in total. The van der Waals surface area contributed by atoms with Crippen LogP contribution in [0, 0.1) is 0 Å². The summed E-state index contributed by atoms with van der Waals surface area (Å²) in [5, 5.41) is 3.10. The highest BCUT2D eigenvalue weighted by Crippen LogP contribution is 2.36. The number of rotatable bonds is 2. The first-order valence-corrected chi connectivity index (χ1v) is 7.61. The summed E-state index contributed by atoms with van der Waals surface area (Å²) < 4.78 is 0. The third kappa shape index (κ3) is 2.51. The van der Waals surface area contributed by atoms with Gasteiger partial charge in [-0.3, -0.25) is 4.79 Å². The second kappa shape index (κ2) is 5.59. The molecule has 3 rings (SSSR count). The second-order valence-corrected chi connectivity index (χ2v) is 5.93. The summed E-state index contributed by atoms with van der Waals surface area (Å²) in [6.07, 6.45) is 0.945. The number of hydrogen-bond donors (Lipinski definition) is 2. The van der Waals surface area contributed by atoms with Crippen LogP contribution >= 0.6 is 11.8 Å². The lowest BCUT2D eigenvalue weighted by atomic mass is 10.0. The number of nitrogens with two attached hydrogens (primary N) is 1. The lowest BCUT2D eigenvalue weighted by Crippen LogP contribution is -2.31. The SMILES string of the molecule is Nc1ccccc1C(=O)NC1CCSc2ccccc21. The quantitative estimate of drug-likeness (QED) is 0.832. The lowest BCUT2D eigenvalue weighted by Gasteiger charge is -2.26. The zero-order valence-corrected chi connectivity index (χ0v) is 11.8. The molecule has 2 aromatic carbocycles. The summed E-state index contributed by atoms with van der Waals surface area (Å²) in [6, 6.07) is 15.5. The fourth-order valence-corrected chi connectivity index (χ4v) is 3.56. The molecule has 2 aromatic rings. The van der Waals surface area contributed by atoms with Crippen LogP contribution < -0.4 is 11.1 Å². The molecule has 3 N–H and O–H groups in total. The van der Waals surface area contributed by atoms with Crippen molar-refractivity contribution >= 4 is 23.4 Å². The summed E-state index contributed by atoms with van der Waals surface area (Å²) in [6.45, 7) is 0. The molecule has 1 atom stereocenters. The molecular formula is C16H16N2OS. The maximum Gasteiger partial charge on any atom is 0.253 e. The summed E-state index contributed by atoms with van der Waals surface area (Å²) in [7, 11) is 0. The summed E-state index contributed by atoms with van der Waals surface area (Å²) in [5.41, 5.74) is 8.12. The number of para-hydroxylation sites is 1. The van der Waals surface area contributed by atoms with Gasteiger partial charge in [0.05, 0.1) is 11.6 Å². The van der Waals surface area contributed by atoms with Crippen LogP contribution in [-0.4, -0.2) is 11.7 Å². The Morgan fingerprint density at radius 2 is 1.90 bits per heavy atom. The van der Waals surface area contributed by atoms with Crippen molar-refractivity contribution in [3.8, 4) is 0 Å². The first-order chi connectivity index (χ1) is 9.75. The van der Waals surface area contributed by atoms with Crippen LogP contribution in [-0.2, 0) is 0 Å². The summed E-state index contributed by atoms with van der Waals surface area (Å²) in [4.78, 5) is 13.6. The van der Waals surface area contributed by atoms with E-state index in [2.05, 4.69) is 17.4 Å². The smallest absolute Gasteiger partial charge is 0.253 e. The van der Waals surface area contributed by atoms with Crippen molar-refractivity contribution in [2.75, 3.05) is 11.5 Å². The van der Waals surface area contributed by atoms with Gasteiger partial charge in [-0.05, 0) is 30.2 Å². The number of nitrogens with one attached hydrogen (secondary N) is 1. The predicted octanol–water partition coefficient (Wildman–Crippen LogP) is 3.24. The second-order valence-electron chi connectivity index (χ2n) is 4.79. The van der Waals surface area contributed by atoms with Crippen LogP contribution in [0.4, 0.5) is 5.69 Å². The average molecular weight is 284 g/mol. The van der Waals surface area contributed by atoms with E-state index in [0.717, 1.165) is 12.2 Å². The Bertz CT molecular complexity index is 642. The third-order valence-electron chi connectivity index (χ3n) is 3.47. The Balaban J connectivity index is 1.83. The molecule has 1 heterocycles. The molecule has 1 amide bonds. The van der Waals surface area contributed by atoms with Crippen molar-refractivity contribution in [3.63, 3.8) is 0 Å². The number of nitrogen functional groups attached to an aromatic ring is 1. The first kappa shape index (κ1) is 13.1. The van der Waals surface area contributed by atoms with Gasteiger partial charge in [-0.2, -0.15) is 0 Å². The van der Waals surface area contributed by atoms with Gasteiger partial charge in [0, 0.05) is 16.3 Å². The van der Waals surface area contributed by atoms with Crippen molar-refractivity contribution < 1.29 is 4.79 Å². The minimum atomic E-state index is -0.102. The van der Waals surface area contributed by atoms with Crippen molar-refractivity contribution in [1.29, 1.82) is 0 Å². The molecular weight excluding hydrogens is 268 g/mol. The monoisotopic (exact) mass is 284 g/mol. The maximum absolute atomic E-state index is 12.3. The molecule has 0 aromatic heterocycles. The maximum atomic E-state index is 12.3. The van der Waals surface area contributed by atoms with Gasteiger partial charge < -0.3 is 11.1 Å². The van der Waals surface area contributed by atoms with Gasteiger partial charge >= 0.3 is 0 Å². The minimum Gasteiger partial charge on any atom is -0.398 e. The number of fused-ring (bicyclic) bond motifs is 1.